The highest BCUT2D eigenvalue weighted by Crippen LogP contribution is 2.68. The molecule has 4 aliphatic rings. The molecule has 29 heavy (non-hydrogen) atoms. The van der Waals surface area contributed by atoms with Crippen LogP contribution in [-0.2, 0) is 4.79 Å². The maximum atomic E-state index is 15.5. The van der Waals surface area contributed by atoms with Crippen molar-refractivity contribution in [3.63, 3.8) is 0 Å². The van der Waals surface area contributed by atoms with Gasteiger partial charge in [-0.25, -0.2) is 4.39 Å². The van der Waals surface area contributed by atoms with Gasteiger partial charge in [-0.2, -0.15) is 0 Å². The van der Waals surface area contributed by atoms with Gasteiger partial charge in [-0.05, 0) is 91.8 Å². The Morgan fingerprint density at radius 3 is 2.38 bits per heavy atom. The van der Waals surface area contributed by atoms with Crippen molar-refractivity contribution in [2.75, 3.05) is 0 Å². The highest BCUT2D eigenvalue weighted by atomic mass is 19.1. The summed E-state index contributed by atoms with van der Waals surface area (Å²) in [5.74, 6) is 0.464. The molecule has 0 aromatic rings. The van der Waals surface area contributed by atoms with Crippen molar-refractivity contribution in [1.29, 1.82) is 0 Å². The number of aliphatic carboxylic acids is 1. The Morgan fingerprint density at radius 2 is 1.69 bits per heavy atom. The smallest absolute Gasteiger partial charge is 0.303 e. The lowest BCUT2D eigenvalue weighted by Crippen LogP contribution is -2.63. The number of hydrogen-bond donors (Lipinski definition) is 3. The number of halogens is 1. The molecule has 0 heterocycles. The van der Waals surface area contributed by atoms with Crippen LogP contribution in [0.1, 0.15) is 78.6 Å². The van der Waals surface area contributed by atoms with Crippen molar-refractivity contribution in [3.05, 3.63) is 0 Å². The van der Waals surface area contributed by atoms with Gasteiger partial charge in [-0.3, -0.25) is 4.79 Å². The van der Waals surface area contributed by atoms with E-state index in [4.69, 9.17) is 5.11 Å². The molecule has 0 radical (unpaired) electrons. The fourth-order valence-corrected chi connectivity index (χ4v) is 8.72. The normalized spacial score (nSPS) is 52.9. The van der Waals surface area contributed by atoms with Crippen molar-refractivity contribution < 1.29 is 24.5 Å². The highest BCUT2D eigenvalue weighted by molar-refractivity contribution is 5.66. The fraction of sp³-hybridized carbons (Fsp3) is 0.958. The van der Waals surface area contributed by atoms with Crippen LogP contribution >= 0.6 is 0 Å². The van der Waals surface area contributed by atoms with Gasteiger partial charge in [0, 0.05) is 12.3 Å². The average Bonchev–Trinajstić information content (AvgIpc) is 3.02. The van der Waals surface area contributed by atoms with Crippen LogP contribution in [0.3, 0.4) is 0 Å². The predicted molar refractivity (Wildman–Crippen MR) is 109 cm³/mol. The van der Waals surface area contributed by atoms with Crippen LogP contribution in [0, 0.1) is 46.3 Å². The van der Waals surface area contributed by atoms with E-state index in [0.29, 0.717) is 36.5 Å². The maximum absolute atomic E-state index is 15.5. The Kier molecular flexibility index (Phi) is 5.55. The lowest BCUT2D eigenvalue weighted by Gasteiger charge is -2.63. The first-order valence-electron chi connectivity index (χ1n) is 11.8. The van der Waals surface area contributed by atoms with Gasteiger partial charge in [-0.15, -0.1) is 0 Å². The van der Waals surface area contributed by atoms with Gasteiger partial charge < -0.3 is 15.3 Å². The first-order chi connectivity index (χ1) is 13.6. The SMILES string of the molecule is C[C@H](CCC(=O)O)[C@H]1CCC2C3C(CC[C@@]21C)[C@@]1(C)CC[C@@H](O)CC1[C@@H](F)[C@@H]3O. The molecular formula is C24H39FO4. The highest BCUT2D eigenvalue weighted by Gasteiger charge is 2.65. The summed E-state index contributed by atoms with van der Waals surface area (Å²) < 4.78 is 15.5. The van der Waals surface area contributed by atoms with E-state index < -0.39 is 24.3 Å². The molecule has 0 saturated heterocycles. The zero-order valence-electron chi connectivity index (χ0n) is 18.2. The summed E-state index contributed by atoms with van der Waals surface area (Å²) in [6.07, 6.45) is 4.57. The van der Waals surface area contributed by atoms with E-state index in [1.807, 2.05) is 0 Å². The summed E-state index contributed by atoms with van der Waals surface area (Å²) in [5, 5.41) is 30.4. The molecule has 0 amide bonds. The number of fused-ring (bicyclic) bond motifs is 5. The first-order valence-corrected chi connectivity index (χ1v) is 11.8. The second-order valence-corrected chi connectivity index (χ2v) is 11.4. The minimum Gasteiger partial charge on any atom is -0.481 e. The van der Waals surface area contributed by atoms with Crippen LogP contribution < -0.4 is 0 Å². The minimum absolute atomic E-state index is 0.00285. The summed E-state index contributed by atoms with van der Waals surface area (Å²) in [5.41, 5.74) is -0.0615. The third kappa shape index (κ3) is 3.26. The van der Waals surface area contributed by atoms with Crippen LogP contribution in [0.4, 0.5) is 4.39 Å². The molecule has 166 valence electrons. The summed E-state index contributed by atoms with van der Waals surface area (Å²) in [4.78, 5) is 11.0. The molecule has 0 aromatic heterocycles. The topological polar surface area (TPSA) is 77.8 Å². The molecule has 5 heteroatoms. The maximum Gasteiger partial charge on any atom is 0.303 e. The van der Waals surface area contributed by atoms with Gasteiger partial charge in [0.1, 0.15) is 6.17 Å². The number of hydrogen-bond acceptors (Lipinski definition) is 3. The van der Waals surface area contributed by atoms with E-state index in [9.17, 15) is 15.0 Å². The molecule has 4 fully saturated rings. The monoisotopic (exact) mass is 410 g/mol. The van der Waals surface area contributed by atoms with E-state index in [2.05, 4.69) is 20.8 Å². The molecule has 4 unspecified atom stereocenters. The van der Waals surface area contributed by atoms with E-state index in [1.54, 1.807) is 0 Å². The Morgan fingerprint density at radius 1 is 1.03 bits per heavy atom. The average molecular weight is 411 g/mol. The minimum atomic E-state index is -1.25. The lowest BCUT2D eigenvalue weighted by molar-refractivity contribution is -0.206. The molecule has 4 aliphatic carbocycles. The largest absolute Gasteiger partial charge is 0.481 e. The summed E-state index contributed by atoms with van der Waals surface area (Å²) in [6, 6.07) is 0. The quantitative estimate of drug-likeness (QED) is 0.641. The first kappa shape index (κ1) is 21.5. The second kappa shape index (κ2) is 7.47. The van der Waals surface area contributed by atoms with E-state index in [0.717, 1.165) is 38.5 Å². The second-order valence-electron chi connectivity index (χ2n) is 11.4. The third-order valence-electron chi connectivity index (χ3n) is 10.2. The van der Waals surface area contributed by atoms with Gasteiger partial charge in [-0.1, -0.05) is 20.8 Å². The number of carboxylic acids is 1. The van der Waals surface area contributed by atoms with Crippen LogP contribution in [0.15, 0.2) is 0 Å². The fourth-order valence-electron chi connectivity index (χ4n) is 8.72. The molecule has 0 aliphatic heterocycles. The zero-order valence-corrected chi connectivity index (χ0v) is 18.2. The Balaban J connectivity index is 1.59. The van der Waals surface area contributed by atoms with E-state index in [1.165, 1.54) is 0 Å². The van der Waals surface area contributed by atoms with Crippen LogP contribution in [-0.4, -0.2) is 39.7 Å². The van der Waals surface area contributed by atoms with Crippen LogP contribution in [0.5, 0.6) is 0 Å². The Labute approximate surface area is 174 Å². The van der Waals surface area contributed by atoms with E-state index >= 15 is 4.39 Å². The third-order valence-corrected chi connectivity index (χ3v) is 10.2. The molecule has 4 saturated carbocycles. The standard InChI is InChI=1S/C24H39FO4/c1-13(4-7-19(27)28)15-5-6-16-20-17(9-11-23(15,16)2)24(3)10-8-14(26)12-18(24)21(25)22(20)29/h13-18,20-22,26,29H,4-12H2,1-3H3,(H,27,28)/t13-,14-,15-,16?,17?,18?,20?,21-,22-,23-,24-/m1/s1. The van der Waals surface area contributed by atoms with Crippen molar-refractivity contribution in [2.45, 2.75) is 96.9 Å². The summed E-state index contributed by atoms with van der Waals surface area (Å²) in [6.45, 7) is 6.74. The van der Waals surface area contributed by atoms with Crippen molar-refractivity contribution >= 4 is 5.97 Å². The van der Waals surface area contributed by atoms with Gasteiger partial charge in [0.15, 0.2) is 0 Å². The number of aliphatic hydroxyl groups excluding tert-OH is 2. The molecule has 0 aromatic carbocycles. The molecule has 11 atom stereocenters. The molecule has 0 spiro atoms. The molecule has 0 bridgehead atoms. The molecule has 3 N–H and O–H groups in total. The van der Waals surface area contributed by atoms with Crippen molar-refractivity contribution in [1.82, 2.24) is 0 Å². The summed E-state index contributed by atoms with van der Waals surface area (Å²) >= 11 is 0. The van der Waals surface area contributed by atoms with Crippen molar-refractivity contribution in [2.24, 2.45) is 46.3 Å². The van der Waals surface area contributed by atoms with Crippen LogP contribution in [0.2, 0.25) is 0 Å². The van der Waals surface area contributed by atoms with Gasteiger partial charge in [0.25, 0.3) is 0 Å². The lowest BCUT2D eigenvalue weighted by atomic mass is 9.43. The molecular weight excluding hydrogens is 371 g/mol. The number of rotatable bonds is 4. The van der Waals surface area contributed by atoms with E-state index in [-0.39, 0.29) is 29.1 Å². The van der Waals surface area contributed by atoms with Gasteiger partial charge in [0.05, 0.1) is 12.2 Å². The van der Waals surface area contributed by atoms with Crippen LogP contribution in [0.25, 0.3) is 0 Å². The molecule has 4 rings (SSSR count). The van der Waals surface area contributed by atoms with Crippen molar-refractivity contribution in [3.8, 4) is 0 Å². The Bertz CT molecular complexity index is 640. The zero-order chi connectivity index (χ0) is 21.1. The van der Waals surface area contributed by atoms with Gasteiger partial charge >= 0.3 is 5.97 Å². The predicted octanol–water partition coefficient (Wildman–Crippen LogP) is 4.43. The number of carboxylic acid groups (broad SMARTS) is 1. The Hall–Kier alpha value is -0.680. The summed E-state index contributed by atoms with van der Waals surface area (Å²) in [7, 11) is 0. The number of carbonyl (C=O) groups is 1. The molecule has 4 nitrogen and oxygen atoms in total. The number of aliphatic hydroxyl groups is 2. The number of alkyl halides is 1. The van der Waals surface area contributed by atoms with Gasteiger partial charge in [0.2, 0.25) is 0 Å².